The van der Waals surface area contributed by atoms with Gasteiger partial charge < -0.3 is 4.74 Å². The fraction of sp³-hybridized carbons (Fsp3) is 0.0526. The van der Waals surface area contributed by atoms with Crippen LogP contribution in [0.5, 0.6) is 5.75 Å². The second-order valence-electron chi connectivity index (χ2n) is 4.83. The van der Waals surface area contributed by atoms with Gasteiger partial charge in [-0.15, -0.1) is 12.6 Å². The van der Waals surface area contributed by atoms with E-state index in [0.29, 0.717) is 0 Å². The van der Waals surface area contributed by atoms with E-state index in [1.54, 1.807) is 7.11 Å². The Morgan fingerprint density at radius 3 is 2.00 bits per heavy atom. The van der Waals surface area contributed by atoms with Crippen LogP contribution < -0.4 is 20.7 Å². The molecule has 3 heteroatoms. The van der Waals surface area contributed by atoms with Crippen molar-refractivity contribution in [1.82, 2.24) is 0 Å². The lowest BCUT2D eigenvalue weighted by Crippen LogP contribution is -2.22. The molecule has 0 aliphatic heterocycles. The van der Waals surface area contributed by atoms with E-state index < -0.39 is 7.92 Å². The fourth-order valence-corrected chi connectivity index (χ4v) is 5.36. The summed E-state index contributed by atoms with van der Waals surface area (Å²) in [4.78, 5) is 1.02. The molecule has 22 heavy (non-hydrogen) atoms. The van der Waals surface area contributed by atoms with Gasteiger partial charge >= 0.3 is 0 Å². The van der Waals surface area contributed by atoms with Gasteiger partial charge in [0, 0.05) is 10.2 Å². The fourth-order valence-electron chi connectivity index (χ4n) is 2.45. The summed E-state index contributed by atoms with van der Waals surface area (Å²) in [7, 11) is 1.03. The largest absolute Gasteiger partial charge is 0.496 e. The number of para-hydroxylation sites is 1. The molecule has 0 amide bonds. The summed E-state index contributed by atoms with van der Waals surface area (Å²) in [6.45, 7) is 0. The van der Waals surface area contributed by atoms with E-state index in [1.807, 2.05) is 30.3 Å². The summed E-state index contributed by atoms with van der Waals surface area (Å²) in [6.07, 6.45) is 0. The second-order valence-corrected chi connectivity index (χ2v) is 7.46. The lowest BCUT2D eigenvalue weighted by Gasteiger charge is -2.22. The number of thiol groups is 1. The van der Waals surface area contributed by atoms with Gasteiger partial charge in [-0.05, 0) is 30.7 Å². The minimum atomic E-state index is -0.695. The Bertz CT molecular complexity index is 758. The summed E-state index contributed by atoms with van der Waals surface area (Å²) < 4.78 is 5.60. The molecule has 0 saturated heterocycles. The van der Waals surface area contributed by atoms with Crippen molar-refractivity contribution in [1.29, 1.82) is 0 Å². The number of ether oxygens (including phenoxy) is 1. The Kier molecular flexibility index (Phi) is 4.82. The summed E-state index contributed by atoms with van der Waals surface area (Å²) in [5.74, 6) is 0.925. The molecular formula is C19H17OPS. The van der Waals surface area contributed by atoms with E-state index >= 15 is 0 Å². The van der Waals surface area contributed by atoms with Gasteiger partial charge in [0.15, 0.2) is 0 Å². The molecule has 3 rings (SSSR count). The first-order valence-corrected chi connectivity index (χ1v) is 8.86. The Hall–Kier alpha value is -1.76. The second kappa shape index (κ2) is 7.00. The van der Waals surface area contributed by atoms with Crippen LogP contribution in [-0.4, -0.2) is 7.11 Å². The van der Waals surface area contributed by atoms with Crippen molar-refractivity contribution in [2.45, 2.75) is 4.90 Å². The molecule has 1 unspecified atom stereocenters. The van der Waals surface area contributed by atoms with Crippen LogP contribution in [-0.2, 0) is 0 Å². The topological polar surface area (TPSA) is 9.23 Å². The van der Waals surface area contributed by atoms with Gasteiger partial charge in [-0.25, -0.2) is 0 Å². The smallest absolute Gasteiger partial charge is 0.127 e. The summed E-state index contributed by atoms with van der Waals surface area (Å²) in [5.41, 5.74) is 0. The number of benzene rings is 3. The van der Waals surface area contributed by atoms with Gasteiger partial charge in [-0.1, -0.05) is 66.7 Å². The van der Waals surface area contributed by atoms with Crippen LogP contribution in [0.3, 0.4) is 0 Å². The zero-order valence-corrected chi connectivity index (χ0v) is 14.1. The highest BCUT2D eigenvalue weighted by Gasteiger charge is 2.21. The lowest BCUT2D eigenvalue weighted by atomic mass is 10.3. The first-order chi connectivity index (χ1) is 10.8. The molecule has 0 radical (unpaired) electrons. The molecular weight excluding hydrogens is 307 g/mol. The molecule has 0 spiro atoms. The van der Waals surface area contributed by atoms with Crippen molar-refractivity contribution in [3.05, 3.63) is 78.9 Å². The SMILES string of the molecule is COc1ccccc1P(c1ccccc1)c1ccccc1S. The van der Waals surface area contributed by atoms with E-state index in [9.17, 15) is 0 Å². The molecule has 0 aliphatic carbocycles. The first-order valence-electron chi connectivity index (χ1n) is 7.07. The van der Waals surface area contributed by atoms with E-state index in [1.165, 1.54) is 15.9 Å². The van der Waals surface area contributed by atoms with Gasteiger partial charge in [0.05, 0.1) is 7.11 Å². The molecule has 0 aliphatic rings. The highest BCUT2D eigenvalue weighted by molar-refractivity contribution is 7.84. The maximum Gasteiger partial charge on any atom is 0.127 e. The molecule has 0 bridgehead atoms. The minimum Gasteiger partial charge on any atom is -0.496 e. The first kappa shape index (κ1) is 15.1. The summed E-state index contributed by atoms with van der Waals surface area (Å²) in [6, 6.07) is 27.1. The summed E-state index contributed by atoms with van der Waals surface area (Å²) in [5, 5.41) is 3.76. The zero-order chi connectivity index (χ0) is 15.4. The van der Waals surface area contributed by atoms with Crippen molar-refractivity contribution >= 4 is 36.5 Å². The minimum absolute atomic E-state index is 0.695. The molecule has 0 fully saturated rings. The molecule has 0 heterocycles. The number of methoxy groups -OCH3 is 1. The van der Waals surface area contributed by atoms with Gasteiger partial charge in [0.25, 0.3) is 0 Å². The Labute approximate surface area is 138 Å². The third-order valence-corrected chi connectivity index (χ3v) is 6.57. The van der Waals surface area contributed by atoms with Crippen LogP contribution in [0.4, 0.5) is 0 Å². The molecule has 1 nitrogen and oxygen atoms in total. The molecule has 3 aromatic rings. The molecule has 3 aromatic carbocycles. The summed E-state index contributed by atoms with van der Waals surface area (Å²) >= 11 is 4.68. The average molecular weight is 324 g/mol. The number of hydrogen-bond donors (Lipinski definition) is 1. The van der Waals surface area contributed by atoms with Crippen LogP contribution in [0.1, 0.15) is 0 Å². The maximum atomic E-state index is 5.60. The number of hydrogen-bond acceptors (Lipinski definition) is 2. The van der Waals surface area contributed by atoms with Crippen LogP contribution in [0.15, 0.2) is 83.8 Å². The normalized spacial score (nSPS) is 11.9. The van der Waals surface area contributed by atoms with Gasteiger partial charge in [-0.2, -0.15) is 0 Å². The molecule has 110 valence electrons. The van der Waals surface area contributed by atoms with Gasteiger partial charge in [0.2, 0.25) is 0 Å². The van der Waals surface area contributed by atoms with Crippen molar-refractivity contribution in [2.75, 3.05) is 7.11 Å². The number of rotatable bonds is 4. The van der Waals surface area contributed by atoms with Gasteiger partial charge in [-0.3, -0.25) is 0 Å². The average Bonchev–Trinajstić information content (AvgIpc) is 2.58. The van der Waals surface area contributed by atoms with E-state index in [0.717, 1.165) is 10.6 Å². The molecule has 1 atom stereocenters. The highest BCUT2D eigenvalue weighted by Crippen LogP contribution is 2.38. The third-order valence-electron chi connectivity index (χ3n) is 3.46. The Morgan fingerprint density at radius 2 is 1.32 bits per heavy atom. The van der Waals surface area contributed by atoms with E-state index in [2.05, 4.69) is 61.2 Å². The maximum absolute atomic E-state index is 5.60. The molecule has 0 saturated carbocycles. The van der Waals surface area contributed by atoms with Crippen LogP contribution in [0, 0.1) is 0 Å². The Morgan fingerprint density at radius 1 is 0.727 bits per heavy atom. The van der Waals surface area contributed by atoms with Crippen LogP contribution >= 0.6 is 20.6 Å². The molecule has 0 aromatic heterocycles. The predicted octanol–water partition coefficient (Wildman–Crippen LogP) is 3.74. The Balaban J connectivity index is 2.22. The molecule has 0 N–H and O–H groups in total. The monoisotopic (exact) mass is 324 g/mol. The predicted molar refractivity (Wildman–Crippen MR) is 99.0 cm³/mol. The van der Waals surface area contributed by atoms with E-state index in [4.69, 9.17) is 4.74 Å². The standard InChI is InChI=1S/C19H17OPS/c1-20-16-11-5-6-12-17(16)21(15-9-3-2-4-10-15)18-13-7-8-14-19(18)22/h2-14,22H,1H3. The van der Waals surface area contributed by atoms with Crippen LogP contribution in [0.25, 0.3) is 0 Å². The lowest BCUT2D eigenvalue weighted by molar-refractivity contribution is 0.418. The van der Waals surface area contributed by atoms with E-state index in [-0.39, 0.29) is 0 Å². The van der Waals surface area contributed by atoms with Crippen molar-refractivity contribution < 1.29 is 4.74 Å². The van der Waals surface area contributed by atoms with Crippen molar-refractivity contribution in [3.63, 3.8) is 0 Å². The van der Waals surface area contributed by atoms with Crippen molar-refractivity contribution in [2.24, 2.45) is 0 Å². The highest BCUT2D eigenvalue weighted by atomic mass is 32.1. The van der Waals surface area contributed by atoms with Crippen LogP contribution in [0.2, 0.25) is 0 Å². The zero-order valence-electron chi connectivity index (χ0n) is 12.3. The quantitative estimate of drug-likeness (QED) is 0.568. The van der Waals surface area contributed by atoms with Crippen molar-refractivity contribution in [3.8, 4) is 5.75 Å². The van der Waals surface area contributed by atoms with Gasteiger partial charge in [0.1, 0.15) is 5.75 Å². The third kappa shape index (κ3) is 3.04.